The van der Waals surface area contributed by atoms with E-state index in [9.17, 15) is 4.79 Å². The van der Waals surface area contributed by atoms with Crippen LogP contribution in [0.2, 0.25) is 0 Å². The average molecular weight is 226 g/mol. The van der Waals surface area contributed by atoms with E-state index in [4.69, 9.17) is 4.74 Å². The molecule has 0 aliphatic rings. The molecule has 0 saturated heterocycles. The summed E-state index contributed by atoms with van der Waals surface area (Å²) in [6, 6.07) is 0. The Bertz CT molecular complexity index is 234. The lowest BCUT2D eigenvalue weighted by atomic mass is 9.97. The van der Waals surface area contributed by atoms with Gasteiger partial charge in [0.1, 0.15) is 5.76 Å². The minimum Gasteiger partial charge on any atom is -0.431 e. The van der Waals surface area contributed by atoms with Crippen molar-refractivity contribution in [3.8, 4) is 0 Å². The largest absolute Gasteiger partial charge is 0.431 e. The Hall–Kier alpha value is -0.790. The number of allylic oxidation sites excluding steroid dienone is 2. The van der Waals surface area contributed by atoms with Gasteiger partial charge < -0.3 is 4.74 Å². The Kier molecular flexibility index (Phi) is 7.11. The van der Waals surface area contributed by atoms with Gasteiger partial charge in [0.15, 0.2) is 0 Å². The molecule has 0 saturated carbocycles. The van der Waals surface area contributed by atoms with Gasteiger partial charge in [-0.25, -0.2) is 0 Å². The molecule has 0 radical (unpaired) electrons. The molecule has 0 bridgehead atoms. The van der Waals surface area contributed by atoms with Gasteiger partial charge in [-0.3, -0.25) is 4.79 Å². The molecule has 0 fully saturated rings. The molecule has 16 heavy (non-hydrogen) atoms. The monoisotopic (exact) mass is 226 g/mol. The highest BCUT2D eigenvalue weighted by Gasteiger charge is 2.24. The van der Waals surface area contributed by atoms with E-state index in [1.54, 1.807) is 0 Å². The molecule has 94 valence electrons. The molecule has 0 spiro atoms. The van der Waals surface area contributed by atoms with Crippen LogP contribution in [-0.4, -0.2) is 5.97 Å². The van der Waals surface area contributed by atoms with Crippen LogP contribution < -0.4 is 0 Å². The highest BCUT2D eigenvalue weighted by molar-refractivity contribution is 5.76. The van der Waals surface area contributed by atoms with Crippen molar-refractivity contribution in [1.82, 2.24) is 0 Å². The number of rotatable bonds is 6. The molecule has 0 aromatic rings. The smallest absolute Gasteiger partial charge is 0.316 e. The summed E-state index contributed by atoms with van der Waals surface area (Å²) >= 11 is 0. The summed E-state index contributed by atoms with van der Waals surface area (Å²) in [5, 5.41) is 0. The summed E-state index contributed by atoms with van der Waals surface area (Å²) in [7, 11) is 0. The zero-order valence-electron chi connectivity index (χ0n) is 11.4. The molecular weight excluding hydrogens is 200 g/mol. The minimum atomic E-state index is -0.419. The molecule has 0 aliphatic heterocycles. The van der Waals surface area contributed by atoms with Gasteiger partial charge in [0, 0.05) is 6.42 Å². The summed E-state index contributed by atoms with van der Waals surface area (Å²) in [4.78, 5) is 11.7. The zero-order valence-corrected chi connectivity index (χ0v) is 11.4. The molecule has 0 aliphatic carbocycles. The number of carbonyl (C=O) groups excluding carboxylic acids is 1. The lowest BCUT2D eigenvalue weighted by molar-refractivity contribution is -0.148. The third-order valence-electron chi connectivity index (χ3n) is 2.27. The van der Waals surface area contributed by atoms with Crippen molar-refractivity contribution in [1.29, 1.82) is 0 Å². The predicted molar refractivity (Wildman–Crippen MR) is 68.1 cm³/mol. The number of hydrogen-bond acceptors (Lipinski definition) is 2. The van der Waals surface area contributed by atoms with E-state index in [0.717, 1.165) is 37.9 Å². The highest BCUT2D eigenvalue weighted by Crippen LogP contribution is 2.20. The number of ether oxygens (including phenoxy) is 1. The van der Waals surface area contributed by atoms with Crippen molar-refractivity contribution < 1.29 is 9.53 Å². The van der Waals surface area contributed by atoms with E-state index in [2.05, 4.69) is 19.9 Å². The van der Waals surface area contributed by atoms with E-state index in [-0.39, 0.29) is 5.97 Å². The molecule has 0 heterocycles. The summed E-state index contributed by atoms with van der Waals surface area (Å²) in [6.45, 7) is 9.91. The Morgan fingerprint density at radius 2 is 1.81 bits per heavy atom. The second-order valence-corrected chi connectivity index (χ2v) is 5.20. The van der Waals surface area contributed by atoms with E-state index < -0.39 is 5.41 Å². The lowest BCUT2D eigenvalue weighted by Crippen LogP contribution is -2.22. The van der Waals surface area contributed by atoms with E-state index >= 15 is 0 Å². The van der Waals surface area contributed by atoms with Crippen LogP contribution in [0.5, 0.6) is 0 Å². The van der Waals surface area contributed by atoms with Gasteiger partial charge >= 0.3 is 5.97 Å². The molecule has 0 aromatic heterocycles. The first kappa shape index (κ1) is 15.2. The normalized spacial score (nSPS) is 12.7. The SMILES string of the molecule is CCC/C=C(\CCCC)OC(=O)C(C)(C)C. The van der Waals surface area contributed by atoms with Crippen molar-refractivity contribution in [3.05, 3.63) is 11.8 Å². The van der Waals surface area contributed by atoms with Gasteiger partial charge in [0.2, 0.25) is 0 Å². The van der Waals surface area contributed by atoms with Crippen LogP contribution in [-0.2, 0) is 9.53 Å². The average Bonchev–Trinajstić information content (AvgIpc) is 2.20. The van der Waals surface area contributed by atoms with Crippen molar-refractivity contribution in [2.24, 2.45) is 5.41 Å². The quantitative estimate of drug-likeness (QED) is 0.494. The summed E-state index contributed by atoms with van der Waals surface area (Å²) in [6.07, 6.45) is 7.19. The van der Waals surface area contributed by atoms with Crippen LogP contribution in [0.1, 0.15) is 66.7 Å². The number of carbonyl (C=O) groups is 1. The van der Waals surface area contributed by atoms with Gasteiger partial charge in [-0.2, -0.15) is 0 Å². The minimum absolute atomic E-state index is 0.133. The van der Waals surface area contributed by atoms with Crippen LogP contribution in [0.25, 0.3) is 0 Å². The second kappa shape index (κ2) is 7.48. The molecule has 0 unspecified atom stereocenters. The summed E-state index contributed by atoms with van der Waals surface area (Å²) in [5.74, 6) is 0.717. The second-order valence-electron chi connectivity index (χ2n) is 5.20. The summed E-state index contributed by atoms with van der Waals surface area (Å²) in [5.41, 5.74) is -0.419. The molecule has 2 nitrogen and oxygen atoms in total. The lowest BCUT2D eigenvalue weighted by Gasteiger charge is -2.18. The van der Waals surface area contributed by atoms with Crippen LogP contribution in [0.15, 0.2) is 11.8 Å². The van der Waals surface area contributed by atoms with E-state index in [0.29, 0.717) is 0 Å². The van der Waals surface area contributed by atoms with Crippen molar-refractivity contribution in [2.75, 3.05) is 0 Å². The standard InChI is InChI=1S/C14H26O2/c1-6-8-10-12(11-9-7-2)16-13(15)14(3,4)5/h10H,6-9,11H2,1-5H3/b12-10+. The first-order valence-electron chi connectivity index (χ1n) is 6.33. The molecule has 0 N–H and O–H groups in total. The maximum atomic E-state index is 11.7. The Morgan fingerprint density at radius 1 is 1.19 bits per heavy atom. The fourth-order valence-electron chi connectivity index (χ4n) is 1.12. The fourth-order valence-corrected chi connectivity index (χ4v) is 1.12. The third kappa shape index (κ3) is 6.65. The predicted octanol–water partition coefficient (Wildman–Crippen LogP) is 4.45. The van der Waals surface area contributed by atoms with Crippen LogP contribution in [0, 0.1) is 5.41 Å². The van der Waals surface area contributed by atoms with Gasteiger partial charge in [-0.15, -0.1) is 0 Å². The molecule has 0 amide bonds. The first-order chi connectivity index (χ1) is 7.41. The Morgan fingerprint density at radius 3 is 2.25 bits per heavy atom. The van der Waals surface area contributed by atoms with Crippen LogP contribution >= 0.6 is 0 Å². The Balaban J connectivity index is 4.36. The number of unbranched alkanes of at least 4 members (excludes halogenated alkanes) is 2. The maximum absolute atomic E-state index is 11.7. The zero-order chi connectivity index (χ0) is 12.6. The van der Waals surface area contributed by atoms with Crippen molar-refractivity contribution in [2.45, 2.75) is 66.7 Å². The van der Waals surface area contributed by atoms with Crippen LogP contribution in [0.4, 0.5) is 0 Å². The highest BCUT2D eigenvalue weighted by atomic mass is 16.5. The first-order valence-corrected chi connectivity index (χ1v) is 6.33. The van der Waals surface area contributed by atoms with Gasteiger partial charge in [-0.1, -0.05) is 26.7 Å². The third-order valence-corrected chi connectivity index (χ3v) is 2.27. The van der Waals surface area contributed by atoms with Gasteiger partial charge in [0.05, 0.1) is 5.41 Å². The van der Waals surface area contributed by atoms with E-state index in [1.807, 2.05) is 20.8 Å². The molecular formula is C14H26O2. The Labute approximate surface area is 100 Å². The van der Waals surface area contributed by atoms with Gasteiger partial charge in [-0.05, 0) is 39.7 Å². The van der Waals surface area contributed by atoms with Crippen molar-refractivity contribution in [3.63, 3.8) is 0 Å². The summed E-state index contributed by atoms with van der Waals surface area (Å²) < 4.78 is 5.44. The van der Waals surface area contributed by atoms with E-state index in [1.165, 1.54) is 0 Å². The fraction of sp³-hybridized carbons (Fsp3) is 0.786. The van der Waals surface area contributed by atoms with Crippen molar-refractivity contribution >= 4 is 5.97 Å². The topological polar surface area (TPSA) is 26.3 Å². The molecule has 0 aromatic carbocycles. The molecule has 0 atom stereocenters. The number of esters is 1. The molecule has 0 rings (SSSR count). The maximum Gasteiger partial charge on any atom is 0.316 e. The van der Waals surface area contributed by atoms with Crippen LogP contribution in [0.3, 0.4) is 0 Å². The number of hydrogen-bond donors (Lipinski definition) is 0. The molecule has 2 heteroatoms. The van der Waals surface area contributed by atoms with Gasteiger partial charge in [0.25, 0.3) is 0 Å².